The van der Waals surface area contributed by atoms with Gasteiger partial charge in [0.2, 0.25) is 11.5 Å². The van der Waals surface area contributed by atoms with Gasteiger partial charge in [0.1, 0.15) is 0 Å². The standard InChI is InChI=1S/C26H35NO7S/c1-6-12-34-25-19(27(28)29)13-17(14-20(25)30-5)23-10-11-24(35-23)18-15-21(31-7-2)26(33-9-4)22(16-18)32-8-3/h13-16,23-24H,6-12H2,1-5H3. The molecule has 35 heavy (non-hydrogen) atoms. The highest BCUT2D eigenvalue weighted by Crippen LogP contribution is 2.56. The summed E-state index contributed by atoms with van der Waals surface area (Å²) in [7, 11) is 1.51. The van der Waals surface area contributed by atoms with Gasteiger partial charge in [-0.3, -0.25) is 10.1 Å². The highest BCUT2D eigenvalue weighted by atomic mass is 32.2. The van der Waals surface area contributed by atoms with Gasteiger partial charge in [-0.1, -0.05) is 6.92 Å². The third-order valence-electron chi connectivity index (χ3n) is 5.62. The summed E-state index contributed by atoms with van der Waals surface area (Å²) in [6.45, 7) is 9.71. The Kier molecular flexibility index (Phi) is 9.77. The molecule has 0 radical (unpaired) electrons. The van der Waals surface area contributed by atoms with Gasteiger partial charge in [-0.25, -0.2) is 0 Å². The number of nitro groups is 1. The van der Waals surface area contributed by atoms with E-state index < -0.39 is 4.92 Å². The molecule has 0 amide bonds. The summed E-state index contributed by atoms with van der Waals surface area (Å²) in [4.78, 5) is 11.4. The maximum atomic E-state index is 11.8. The Morgan fingerprint density at radius 2 is 1.37 bits per heavy atom. The normalized spacial score (nSPS) is 17.2. The highest BCUT2D eigenvalue weighted by Gasteiger charge is 2.32. The molecule has 192 valence electrons. The van der Waals surface area contributed by atoms with Crippen LogP contribution in [-0.4, -0.2) is 38.5 Å². The number of hydrogen-bond acceptors (Lipinski definition) is 8. The Bertz CT molecular complexity index is 986. The Morgan fingerprint density at radius 3 is 1.86 bits per heavy atom. The van der Waals surface area contributed by atoms with Gasteiger partial charge in [0.15, 0.2) is 17.2 Å². The van der Waals surface area contributed by atoms with Gasteiger partial charge in [-0.05, 0) is 69.4 Å². The smallest absolute Gasteiger partial charge is 0.315 e. The molecular formula is C26H35NO7S. The van der Waals surface area contributed by atoms with Crippen LogP contribution in [0.2, 0.25) is 0 Å². The maximum absolute atomic E-state index is 11.8. The summed E-state index contributed by atoms with van der Waals surface area (Å²) >= 11 is 1.78. The SMILES string of the molecule is CCCOc1c(OC)cc(C2CCC(c3cc(OCC)c(OCC)c(OCC)c3)S2)cc1[N+](=O)[O-]. The minimum absolute atomic E-state index is 0.0600. The van der Waals surface area contributed by atoms with Crippen molar-refractivity contribution in [2.45, 2.75) is 57.5 Å². The van der Waals surface area contributed by atoms with Gasteiger partial charge < -0.3 is 23.7 Å². The van der Waals surface area contributed by atoms with Crippen molar-refractivity contribution < 1.29 is 28.6 Å². The van der Waals surface area contributed by atoms with Gasteiger partial charge in [0.05, 0.1) is 38.5 Å². The van der Waals surface area contributed by atoms with Crippen molar-refractivity contribution in [3.63, 3.8) is 0 Å². The van der Waals surface area contributed by atoms with E-state index in [1.165, 1.54) is 7.11 Å². The van der Waals surface area contributed by atoms with E-state index in [9.17, 15) is 10.1 Å². The Balaban J connectivity index is 1.92. The first-order valence-corrected chi connectivity index (χ1v) is 13.1. The predicted octanol–water partition coefficient (Wildman–Crippen LogP) is 6.90. The van der Waals surface area contributed by atoms with E-state index in [-0.39, 0.29) is 21.9 Å². The molecule has 2 atom stereocenters. The van der Waals surface area contributed by atoms with Crippen LogP contribution in [0.15, 0.2) is 24.3 Å². The lowest BCUT2D eigenvalue weighted by Crippen LogP contribution is -2.04. The monoisotopic (exact) mass is 505 g/mol. The molecule has 1 fully saturated rings. The minimum Gasteiger partial charge on any atom is -0.493 e. The number of methoxy groups -OCH3 is 1. The van der Waals surface area contributed by atoms with Crippen LogP contribution in [0.4, 0.5) is 5.69 Å². The Labute approximate surface area is 211 Å². The minimum atomic E-state index is -0.400. The molecule has 0 spiro atoms. The van der Waals surface area contributed by atoms with Gasteiger partial charge >= 0.3 is 5.69 Å². The largest absolute Gasteiger partial charge is 0.493 e. The molecule has 3 rings (SSSR count). The predicted molar refractivity (Wildman–Crippen MR) is 138 cm³/mol. The van der Waals surface area contributed by atoms with Crippen LogP contribution in [0.25, 0.3) is 0 Å². The number of nitrogens with zero attached hydrogens (tertiary/aromatic N) is 1. The molecule has 0 bridgehead atoms. The van der Waals surface area contributed by atoms with E-state index in [0.717, 1.165) is 30.4 Å². The van der Waals surface area contributed by atoms with Crippen molar-refractivity contribution in [1.82, 2.24) is 0 Å². The summed E-state index contributed by atoms with van der Waals surface area (Å²) < 4.78 is 28.8. The Morgan fingerprint density at radius 1 is 0.829 bits per heavy atom. The molecule has 2 unspecified atom stereocenters. The molecule has 1 aliphatic rings. The van der Waals surface area contributed by atoms with Crippen LogP contribution in [-0.2, 0) is 0 Å². The molecule has 1 heterocycles. The molecule has 0 aliphatic carbocycles. The molecule has 0 N–H and O–H groups in total. The molecular weight excluding hydrogens is 470 g/mol. The average Bonchev–Trinajstić information content (AvgIpc) is 3.34. The van der Waals surface area contributed by atoms with Crippen molar-refractivity contribution in [3.05, 3.63) is 45.5 Å². The highest BCUT2D eigenvalue weighted by molar-refractivity contribution is 8.00. The number of hydrogen-bond donors (Lipinski definition) is 0. The van der Waals surface area contributed by atoms with Crippen molar-refractivity contribution >= 4 is 17.4 Å². The van der Waals surface area contributed by atoms with Gasteiger partial charge in [-0.15, -0.1) is 11.8 Å². The zero-order valence-corrected chi connectivity index (χ0v) is 21.9. The zero-order chi connectivity index (χ0) is 25.4. The number of ether oxygens (including phenoxy) is 5. The summed E-state index contributed by atoms with van der Waals surface area (Å²) in [6.07, 6.45) is 2.55. The number of nitro benzene ring substituents is 1. The lowest BCUT2D eigenvalue weighted by molar-refractivity contribution is -0.386. The van der Waals surface area contributed by atoms with Crippen LogP contribution >= 0.6 is 11.8 Å². The fourth-order valence-corrected chi connectivity index (χ4v) is 5.68. The van der Waals surface area contributed by atoms with Crippen molar-refractivity contribution in [3.8, 4) is 28.7 Å². The van der Waals surface area contributed by atoms with Gasteiger partial charge in [0.25, 0.3) is 0 Å². The lowest BCUT2D eigenvalue weighted by Gasteiger charge is -2.20. The zero-order valence-electron chi connectivity index (χ0n) is 21.1. The van der Waals surface area contributed by atoms with E-state index in [2.05, 4.69) is 0 Å². The molecule has 0 aromatic heterocycles. The molecule has 1 aliphatic heterocycles. The molecule has 0 saturated carbocycles. The summed E-state index contributed by atoms with van der Waals surface area (Å²) in [5.41, 5.74) is 1.90. The van der Waals surface area contributed by atoms with Crippen molar-refractivity contribution in [1.29, 1.82) is 0 Å². The molecule has 8 nitrogen and oxygen atoms in total. The third kappa shape index (κ3) is 6.25. The van der Waals surface area contributed by atoms with Gasteiger partial charge in [-0.2, -0.15) is 0 Å². The third-order valence-corrected chi connectivity index (χ3v) is 7.29. The molecule has 9 heteroatoms. The Hall–Kier alpha value is -2.81. The van der Waals surface area contributed by atoms with E-state index in [4.69, 9.17) is 23.7 Å². The second kappa shape index (κ2) is 12.8. The maximum Gasteiger partial charge on any atom is 0.315 e. The molecule has 2 aromatic carbocycles. The van der Waals surface area contributed by atoms with Crippen molar-refractivity contribution in [2.75, 3.05) is 33.5 Å². The molecule has 1 saturated heterocycles. The van der Waals surface area contributed by atoms with Crippen LogP contribution in [0, 0.1) is 10.1 Å². The average molecular weight is 506 g/mol. The van der Waals surface area contributed by atoms with E-state index >= 15 is 0 Å². The van der Waals surface area contributed by atoms with E-state index in [1.807, 2.05) is 45.9 Å². The number of benzene rings is 2. The first-order chi connectivity index (χ1) is 17.0. The first kappa shape index (κ1) is 26.8. The van der Waals surface area contributed by atoms with E-state index in [1.54, 1.807) is 17.8 Å². The fourth-order valence-electron chi connectivity index (χ4n) is 4.15. The van der Waals surface area contributed by atoms with Crippen LogP contribution in [0.5, 0.6) is 28.7 Å². The summed E-state index contributed by atoms with van der Waals surface area (Å²) in [5.74, 6) is 2.56. The van der Waals surface area contributed by atoms with Crippen molar-refractivity contribution in [2.24, 2.45) is 0 Å². The first-order valence-electron chi connectivity index (χ1n) is 12.2. The summed E-state index contributed by atoms with van der Waals surface area (Å²) in [5, 5.41) is 12.1. The quantitative estimate of drug-likeness (QED) is 0.215. The number of rotatable bonds is 13. The van der Waals surface area contributed by atoms with E-state index in [0.29, 0.717) is 49.4 Å². The second-order valence-electron chi connectivity index (χ2n) is 8.01. The van der Waals surface area contributed by atoms with Crippen LogP contribution < -0.4 is 23.7 Å². The lowest BCUT2D eigenvalue weighted by atomic mass is 10.0. The summed E-state index contributed by atoms with van der Waals surface area (Å²) in [6, 6.07) is 7.56. The van der Waals surface area contributed by atoms with Crippen LogP contribution in [0.3, 0.4) is 0 Å². The fraction of sp³-hybridized carbons (Fsp3) is 0.538. The number of thioether (sulfide) groups is 1. The topological polar surface area (TPSA) is 89.3 Å². The van der Waals surface area contributed by atoms with Crippen LogP contribution in [0.1, 0.15) is 68.6 Å². The second-order valence-corrected chi connectivity index (χ2v) is 9.42. The van der Waals surface area contributed by atoms with Gasteiger partial charge in [0, 0.05) is 16.6 Å². The molecule has 2 aromatic rings.